The Kier molecular flexibility index (Phi) is 2.48. The van der Waals surface area contributed by atoms with E-state index < -0.39 is 0 Å². The maximum absolute atomic E-state index is 6.13. The molecule has 0 bridgehead atoms. The number of nitrogens with one attached hydrogen (secondary N) is 1. The second-order valence-electron chi connectivity index (χ2n) is 4.67. The maximum Gasteiger partial charge on any atom is 0.147 e. The molecule has 0 saturated heterocycles. The van der Waals surface area contributed by atoms with Gasteiger partial charge in [0.1, 0.15) is 12.2 Å². The largest absolute Gasteiger partial charge is 0.341 e. The number of nitrogens with zero attached hydrogens (tertiary/aromatic N) is 3. The molecule has 2 aromatic rings. The van der Waals surface area contributed by atoms with E-state index in [4.69, 9.17) is 5.73 Å². The third-order valence-corrected chi connectivity index (χ3v) is 3.63. The van der Waals surface area contributed by atoms with Crippen LogP contribution in [0, 0.1) is 0 Å². The first-order chi connectivity index (χ1) is 8.27. The zero-order valence-electron chi connectivity index (χ0n) is 9.93. The SMILES string of the molecule is CC(c1ncn[nH]1)n1ccc2c1CCCC2N. The van der Waals surface area contributed by atoms with E-state index in [2.05, 4.69) is 38.9 Å². The molecule has 5 heteroatoms. The zero-order chi connectivity index (χ0) is 11.8. The van der Waals surface area contributed by atoms with Crippen molar-refractivity contribution in [3.63, 3.8) is 0 Å². The van der Waals surface area contributed by atoms with Gasteiger partial charge < -0.3 is 10.3 Å². The van der Waals surface area contributed by atoms with Crippen LogP contribution in [0.4, 0.5) is 0 Å². The molecule has 0 spiro atoms. The molecule has 0 aromatic carbocycles. The van der Waals surface area contributed by atoms with E-state index in [1.54, 1.807) is 6.33 Å². The monoisotopic (exact) mass is 231 g/mol. The third kappa shape index (κ3) is 1.67. The van der Waals surface area contributed by atoms with Crippen LogP contribution in [-0.2, 0) is 6.42 Å². The summed E-state index contributed by atoms with van der Waals surface area (Å²) in [7, 11) is 0. The minimum Gasteiger partial charge on any atom is -0.341 e. The van der Waals surface area contributed by atoms with Crippen molar-refractivity contribution in [3.05, 3.63) is 35.7 Å². The van der Waals surface area contributed by atoms with E-state index in [1.807, 2.05) is 0 Å². The van der Waals surface area contributed by atoms with Crippen molar-refractivity contribution in [1.82, 2.24) is 19.7 Å². The molecule has 0 aliphatic heterocycles. The van der Waals surface area contributed by atoms with Crippen molar-refractivity contribution in [2.75, 3.05) is 0 Å². The van der Waals surface area contributed by atoms with Crippen LogP contribution in [0.2, 0.25) is 0 Å². The molecule has 0 amide bonds. The lowest BCUT2D eigenvalue weighted by atomic mass is 9.93. The Morgan fingerprint density at radius 2 is 2.47 bits per heavy atom. The van der Waals surface area contributed by atoms with Crippen LogP contribution in [0.1, 0.15) is 48.9 Å². The summed E-state index contributed by atoms with van der Waals surface area (Å²) in [5.41, 5.74) is 8.78. The van der Waals surface area contributed by atoms with E-state index in [1.165, 1.54) is 17.7 Å². The molecule has 3 N–H and O–H groups in total. The molecule has 5 nitrogen and oxygen atoms in total. The third-order valence-electron chi connectivity index (χ3n) is 3.63. The van der Waals surface area contributed by atoms with Gasteiger partial charge in [0, 0.05) is 17.9 Å². The smallest absolute Gasteiger partial charge is 0.147 e. The molecule has 2 heterocycles. The summed E-state index contributed by atoms with van der Waals surface area (Å²) in [5.74, 6) is 0.891. The number of aromatic nitrogens is 4. The second-order valence-corrected chi connectivity index (χ2v) is 4.67. The predicted octanol–water partition coefficient (Wildman–Crippen LogP) is 1.55. The highest BCUT2D eigenvalue weighted by molar-refractivity contribution is 5.29. The van der Waals surface area contributed by atoms with Gasteiger partial charge in [-0.25, -0.2) is 4.98 Å². The van der Waals surface area contributed by atoms with Gasteiger partial charge in [0.25, 0.3) is 0 Å². The molecule has 0 saturated carbocycles. The molecule has 3 rings (SSSR count). The first-order valence-electron chi connectivity index (χ1n) is 6.08. The summed E-state index contributed by atoms with van der Waals surface area (Å²) in [5, 5.41) is 6.84. The van der Waals surface area contributed by atoms with Crippen LogP contribution in [0.3, 0.4) is 0 Å². The van der Waals surface area contributed by atoms with Crippen LogP contribution >= 0.6 is 0 Å². The van der Waals surface area contributed by atoms with Gasteiger partial charge in [0.2, 0.25) is 0 Å². The molecule has 2 aromatic heterocycles. The Balaban J connectivity index is 1.99. The first-order valence-corrected chi connectivity index (χ1v) is 6.08. The maximum atomic E-state index is 6.13. The molecular weight excluding hydrogens is 214 g/mol. The predicted molar refractivity (Wildman–Crippen MR) is 64.5 cm³/mol. The van der Waals surface area contributed by atoms with Gasteiger partial charge in [-0.2, -0.15) is 5.10 Å². The summed E-state index contributed by atoms with van der Waals surface area (Å²) in [4.78, 5) is 4.22. The van der Waals surface area contributed by atoms with Crippen molar-refractivity contribution < 1.29 is 0 Å². The molecule has 0 radical (unpaired) electrons. The van der Waals surface area contributed by atoms with E-state index >= 15 is 0 Å². The van der Waals surface area contributed by atoms with Crippen LogP contribution in [-0.4, -0.2) is 19.7 Å². The average Bonchev–Trinajstić information content (AvgIpc) is 2.98. The fraction of sp³-hybridized carbons (Fsp3) is 0.500. The zero-order valence-corrected chi connectivity index (χ0v) is 9.93. The number of rotatable bonds is 2. The molecule has 17 heavy (non-hydrogen) atoms. The van der Waals surface area contributed by atoms with Crippen LogP contribution in [0.5, 0.6) is 0 Å². The molecule has 2 unspecified atom stereocenters. The number of H-pyrrole nitrogens is 1. The van der Waals surface area contributed by atoms with Crippen LogP contribution in [0.15, 0.2) is 18.6 Å². The van der Waals surface area contributed by atoms with Gasteiger partial charge in [-0.05, 0) is 37.8 Å². The number of aromatic amines is 1. The molecule has 90 valence electrons. The Bertz CT molecular complexity index is 499. The summed E-state index contributed by atoms with van der Waals surface area (Å²) in [6, 6.07) is 2.53. The normalized spacial score (nSPS) is 21.2. The second kappa shape index (κ2) is 4.00. The fourth-order valence-electron chi connectivity index (χ4n) is 2.66. The Labute approximate surface area is 100 Å². The molecule has 0 fully saturated rings. The summed E-state index contributed by atoms with van der Waals surface area (Å²) < 4.78 is 2.26. The molecule has 2 atom stereocenters. The Morgan fingerprint density at radius 1 is 1.59 bits per heavy atom. The lowest BCUT2D eigenvalue weighted by Gasteiger charge is -2.23. The van der Waals surface area contributed by atoms with Gasteiger partial charge in [0.05, 0.1) is 6.04 Å². The van der Waals surface area contributed by atoms with Crippen LogP contribution in [0.25, 0.3) is 0 Å². The van der Waals surface area contributed by atoms with Gasteiger partial charge >= 0.3 is 0 Å². The summed E-state index contributed by atoms with van der Waals surface area (Å²) >= 11 is 0. The van der Waals surface area contributed by atoms with Crippen molar-refractivity contribution in [3.8, 4) is 0 Å². The quantitative estimate of drug-likeness (QED) is 0.823. The van der Waals surface area contributed by atoms with Crippen molar-refractivity contribution in [1.29, 1.82) is 0 Å². The number of hydrogen-bond acceptors (Lipinski definition) is 3. The van der Waals surface area contributed by atoms with Gasteiger partial charge in [-0.1, -0.05) is 0 Å². The van der Waals surface area contributed by atoms with E-state index in [0.717, 1.165) is 18.7 Å². The highest BCUT2D eigenvalue weighted by Gasteiger charge is 2.23. The number of hydrogen-bond donors (Lipinski definition) is 2. The number of fused-ring (bicyclic) bond motifs is 1. The Hall–Kier alpha value is -1.62. The highest BCUT2D eigenvalue weighted by atomic mass is 15.2. The standard InChI is InChI=1S/C12H17N5/c1-8(12-14-7-15-16-12)17-6-5-9-10(13)3-2-4-11(9)17/h5-8,10H,2-4,13H2,1H3,(H,14,15,16). The fourth-order valence-corrected chi connectivity index (χ4v) is 2.66. The topological polar surface area (TPSA) is 72.5 Å². The minimum absolute atomic E-state index is 0.187. The summed E-state index contributed by atoms with van der Waals surface area (Å²) in [6.07, 6.45) is 7.03. The molecule has 1 aliphatic carbocycles. The Morgan fingerprint density at radius 3 is 3.24 bits per heavy atom. The minimum atomic E-state index is 0.187. The lowest BCUT2D eigenvalue weighted by molar-refractivity contribution is 0.516. The van der Waals surface area contributed by atoms with E-state index in [-0.39, 0.29) is 12.1 Å². The highest BCUT2D eigenvalue weighted by Crippen LogP contribution is 2.31. The van der Waals surface area contributed by atoms with E-state index in [0.29, 0.717) is 0 Å². The average molecular weight is 231 g/mol. The van der Waals surface area contributed by atoms with Crippen molar-refractivity contribution in [2.24, 2.45) is 5.73 Å². The molecule has 1 aliphatic rings. The lowest BCUT2D eigenvalue weighted by Crippen LogP contribution is -2.20. The van der Waals surface area contributed by atoms with Crippen LogP contribution < -0.4 is 5.73 Å². The van der Waals surface area contributed by atoms with Gasteiger partial charge in [-0.15, -0.1) is 0 Å². The van der Waals surface area contributed by atoms with Crippen molar-refractivity contribution in [2.45, 2.75) is 38.3 Å². The summed E-state index contributed by atoms with van der Waals surface area (Å²) in [6.45, 7) is 2.13. The number of nitrogens with two attached hydrogens (primary N) is 1. The van der Waals surface area contributed by atoms with E-state index in [9.17, 15) is 0 Å². The first kappa shape index (κ1) is 10.5. The van der Waals surface area contributed by atoms with Crippen molar-refractivity contribution >= 4 is 0 Å². The van der Waals surface area contributed by atoms with Gasteiger partial charge in [0.15, 0.2) is 0 Å². The van der Waals surface area contributed by atoms with Gasteiger partial charge in [-0.3, -0.25) is 5.10 Å². The molecular formula is C12H17N5.